The zero-order valence-electron chi connectivity index (χ0n) is 14.6. The maximum atomic E-state index is 12.2. The first-order valence-electron chi connectivity index (χ1n) is 8.01. The molecule has 0 aliphatic heterocycles. The summed E-state index contributed by atoms with van der Waals surface area (Å²) in [6.45, 7) is 3.66. The fourth-order valence-electron chi connectivity index (χ4n) is 2.43. The van der Waals surface area contributed by atoms with Crippen molar-refractivity contribution in [2.45, 2.75) is 19.1 Å². The number of rotatable bonds is 6. The highest BCUT2D eigenvalue weighted by Crippen LogP contribution is 2.28. The average molecular weight is 384 g/mol. The summed E-state index contributed by atoms with van der Waals surface area (Å²) in [4.78, 5) is 22.8. The van der Waals surface area contributed by atoms with Crippen molar-refractivity contribution in [3.05, 3.63) is 63.7 Å². The van der Waals surface area contributed by atoms with Crippen LogP contribution in [-0.4, -0.2) is 26.8 Å². The van der Waals surface area contributed by atoms with Crippen LogP contribution in [0.1, 0.15) is 11.1 Å². The summed E-state index contributed by atoms with van der Waals surface area (Å²) in [5, 5.41) is 21.9. The van der Waals surface area contributed by atoms with E-state index in [4.69, 9.17) is 4.42 Å². The number of aromatic nitrogens is 2. The molecule has 1 N–H and O–H groups in total. The van der Waals surface area contributed by atoms with E-state index in [0.29, 0.717) is 11.5 Å². The first kappa shape index (κ1) is 18.6. The predicted molar refractivity (Wildman–Crippen MR) is 102 cm³/mol. The van der Waals surface area contributed by atoms with Crippen molar-refractivity contribution in [2.24, 2.45) is 0 Å². The van der Waals surface area contributed by atoms with E-state index in [-0.39, 0.29) is 22.4 Å². The molecule has 1 aromatic heterocycles. The Labute approximate surface area is 159 Å². The number of nitrogens with zero attached hydrogens (tertiary/aromatic N) is 3. The van der Waals surface area contributed by atoms with E-state index in [1.807, 2.05) is 31.2 Å². The van der Waals surface area contributed by atoms with Gasteiger partial charge in [0, 0.05) is 11.6 Å². The number of carbonyl (C=O) groups is 1. The largest absolute Gasteiger partial charge is 0.411 e. The van der Waals surface area contributed by atoms with Gasteiger partial charge in [0.1, 0.15) is 5.69 Å². The smallest absolute Gasteiger partial charge is 0.293 e. The molecule has 1 heterocycles. The van der Waals surface area contributed by atoms with Gasteiger partial charge in [0.25, 0.3) is 10.9 Å². The number of hydrogen-bond donors (Lipinski definition) is 1. The SMILES string of the molecule is Cc1cccc(-c2nnc(SCC(=O)Nc3c(C)cccc3[N+](=O)[O-])o2)c1. The number of carbonyl (C=O) groups excluding carboxylic acids is 1. The lowest BCUT2D eigenvalue weighted by Gasteiger charge is -2.08. The Bertz CT molecular complexity index is 1000. The van der Waals surface area contributed by atoms with Crippen molar-refractivity contribution in [1.29, 1.82) is 0 Å². The van der Waals surface area contributed by atoms with Crippen molar-refractivity contribution >= 4 is 29.0 Å². The highest BCUT2D eigenvalue weighted by atomic mass is 32.2. The first-order chi connectivity index (χ1) is 12.9. The normalized spacial score (nSPS) is 10.6. The maximum Gasteiger partial charge on any atom is 0.293 e. The van der Waals surface area contributed by atoms with E-state index in [9.17, 15) is 14.9 Å². The molecule has 0 radical (unpaired) electrons. The number of nitrogens with one attached hydrogen (secondary N) is 1. The van der Waals surface area contributed by atoms with Gasteiger partial charge < -0.3 is 9.73 Å². The summed E-state index contributed by atoms with van der Waals surface area (Å²) >= 11 is 1.07. The fraction of sp³-hybridized carbons (Fsp3) is 0.167. The summed E-state index contributed by atoms with van der Waals surface area (Å²) < 4.78 is 5.56. The van der Waals surface area contributed by atoms with Gasteiger partial charge in [-0.3, -0.25) is 14.9 Å². The number of amides is 1. The van der Waals surface area contributed by atoms with Gasteiger partial charge in [-0.05, 0) is 31.5 Å². The predicted octanol–water partition coefficient (Wildman–Crippen LogP) is 3.99. The summed E-state index contributed by atoms with van der Waals surface area (Å²) in [5.41, 5.74) is 2.53. The minimum Gasteiger partial charge on any atom is -0.411 e. The summed E-state index contributed by atoms with van der Waals surface area (Å²) in [6, 6.07) is 12.3. The third-order valence-corrected chi connectivity index (χ3v) is 4.53. The second-order valence-electron chi connectivity index (χ2n) is 5.81. The Kier molecular flexibility index (Phi) is 5.51. The van der Waals surface area contributed by atoms with Crippen LogP contribution in [0.15, 0.2) is 52.1 Å². The molecule has 3 rings (SSSR count). The lowest BCUT2D eigenvalue weighted by molar-refractivity contribution is -0.384. The minimum absolute atomic E-state index is 0.0130. The molecule has 1 amide bonds. The van der Waals surface area contributed by atoms with E-state index < -0.39 is 10.8 Å². The Morgan fingerprint density at radius 3 is 2.74 bits per heavy atom. The number of para-hydroxylation sites is 1. The molecule has 0 bridgehead atoms. The average Bonchev–Trinajstić information content (AvgIpc) is 3.10. The molecule has 0 fully saturated rings. The topological polar surface area (TPSA) is 111 Å². The molecule has 8 nitrogen and oxygen atoms in total. The second-order valence-corrected chi connectivity index (χ2v) is 6.73. The van der Waals surface area contributed by atoms with E-state index >= 15 is 0 Å². The second kappa shape index (κ2) is 8.00. The molecule has 0 saturated heterocycles. The number of nitro benzene ring substituents is 1. The Morgan fingerprint density at radius 1 is 1.22 bits per heavy atom. The molecule has 9 heteroatoms. The quantitative estimate of drug-likeness (QED) is 0.388. The highest BCUT2D eigenvalue weighted by molar-refractivity contribution is 7.99. The third-order valence-electron chi connectivity index (χ3n) is 3.71. The van der Waals surface area contributed by atoms with E-state index in [0.717, 1.165) is 22.9 Å². The zero-order valence-corrected chi connectivity index (χ0v) is 15.4. The van der Waals surface area contributed by atoms with Crippen LogP contribution in [0.4, 0.5) is 11.4 Å². The van der Waals surface area contributed by atoms with Gasteiger partial charge in [-0.2, -0.15) is 0 Å². The molecule has 0 aliphatic rings. The van der Waals surface area contributed by atoms with Crippen LogP contribution >= 0.6 is 11.8 Å². The molecule has 138 valence electrons. The van der Waals surface area contributed by atoms with Gasteiger partial charge in [0.2, 0.25) is 11.8 Å². The lowest BCUT2D eigenvalue weighted by atomic mass is 10.1. The van der Waals surface area contributed by atoms with Crippen molar-refractivity contribution in [1.82, 2.24) is 10.2 Å². The van der Waals surface area contributed by atoms with Crippen LogP contribution in [0, 0.1) is 24.0 Å². The molecule has 2 aromatic carbocycles. The van der Waals surface area contributed by atoms with Crippen LogP contribution in [0.2, 0.25) is 0 Å². The molecule has 0 spiro atoms. The van der Waals surface area contributed by atoms with Gasteiger partial charge in [0.05, 0.1) is 10.7 Å². The number of benzene rings is 2. The van der Waals surface area contributed by atoms with E-state index in [1.165, 1.54) is 6.07 Å². The van der Waals surface area contributed by atoms with Crippen molar-refractivity contribution in [3.63, 3.8) is 0 Å². The van der Waals surface area contributed by atoms with Gasteiger partial charge >= 0.3 is 0 Å². The number of hydrogen-bond acceptors (Lipinski definition) is 7. The zero-order chi connectivity index (χ0) is 19.4. The van der Waals surface area contributed by atoms with Crippen LogP contribution in [0.5, 0.6) is 0 Å². The molecular weight excluding hydrogens is 368 g/mol. The van der Waals surface area contributed by atoms with E-state index in [1.54, 1.807) is 19.1 Å². The summed E-state index contributed by atoms with van der Waals surface area (Å²) in [5.74, 6) is -0.0372. The van der Waals surface area contributed by atoms with Crippen molar-refractivity contribution in [3.8, 4) is 11.5 Å². The van der Waals surface area contributed by atoms with Crippen LogP contribution in [0.3, 0.4) is 0 Å². The van der Waals surface area contributed by atoms with Crippen LogP contribution in [-0.2, 0) is 4.79 Å². The Balaban J connectivity index is 1.65. The van der Waals surface area contributed by atoms with Gasteiger partial charge in [0.15, 0.2) is 0 Å². The van der Waals surface area contributed by atoms with Gasteiger partial charge in [-0.15, -0.1) is 10.2 Å². The number of anilines is 1. The van der Waals surface area contributed by atoms with Crippen molar-refractivity contribution < 1.29 is 14.1 Å². The first-order valence-corrected chi connectivity index (χ1v) is 9.00. The lowest BCUT2D eigenvalue weighted by Crippen LogP contribution is -2.16. The minimum atomic E-state index is -0.526. The number of aryl methyl sites for hydroxylation is 2. The molecule has 3 aromatic rings. The molecule has 0 atom stereocenters. The summed E-state index contributed by atoms with van der Waals surface area (Å²) in [7, 11) is 0. The standard InChI is InChI=1S/C18H16N4O4S/c1-11-5-3-7-13(9-11)17-20-21-18(26-17)27-10-15(23)19-16-12(2)6-4-8-14(16)22(24)25/h3-9H,10H2,1-2H3,(H,19,23). The van der Waals surface area contributed by atoms with Gasteiger partial charge in [-0.1, -0.05) is 41.6 Å². The van der Waals surface area contributed by atoms with Crippen molar-refractivity contribution in [2.75, 3.05) is 11.1 Å². The summed E-state index contributed by atoms with van der Waals surface area (Å²) in [6.07, 6.45) is 0. The molecule has 0 aliphatic carbocycles. The van der Waals surface area contributed by atoms with E-state index in [2.05, 4.69) is 15.5 Å². The third kappa shape index (κ3) is 4.50. The molecular formula is C18H16N4O4S. The maximum absolute atomic E-state index is 12.2. The molecule has 27 heavy (non-hydrogen) atoms. The fourth-order valence-corrected chi connectivity index (χ4v) is 3.00. The molecule has 0 saturated carbocycles. The van der Waals surface area contributed by atoms with Gasteiger partial charge in [-0.25, -0.2) is 0 Å². The van der Waals surface area contributed by atoms with Crippen LogP contribution < -0.4 is 5.32 Å². The highest BCUT2D eigenvalue weighted by Gasteiger charge is 2.18. The van der Waals surface area contributed by atoms with Crippen LogP contribution in [0.25, 0.3) is 11.5 Å². The molecule has 0 unspecified atom stereocenters. The Morgan fingerprint density at radius 2 is 2.00 bits per heavy atom. The Hall–Kier alpha value is -3.20. The number of thioether (sulfide) groups is 1. The monoisotopic (exact) mass is 384 g/mol. The number of nitro groups is 1.